The van der Waals surface area contributed by atoms with E-state index in [2.05, 4.69) is 0 Å². The number of anilines is 1. The van der Waals surface area contributed by atoms with Gasteiger partial charge in [0, 0.05) is 24.3 Å². The summed E-state index contributed by atoms with van der Waals surface area (Å²) in [5, 5.41) is 1.03. The Morgan fingerprint density at radius 2 is 1.80 bits per heavy atom. The van der Waals surface area contributed by atoms with E-state index in [0.29, 0.717) is 27.8 Å². The van der Waals surface area contributed by atoms with Crippen molar-refractivity contribution in [2.45, 2.75) is 6.54 Å². The average molecular weight is 309 g/mol. The van der Waals surface area contributed by atoms with Crippen molar-refractivity contribution in [2.75, 3.05) is 12.8 Å². The minimum atomic E-state index is -0.148. The zero-order valence-electron chi connectivity index (χ0n) is 10.9. The van der Waals surface area contributed by atoms with Gasteiger partial charge in [0.2, 0.25) is 0 Å². The van der Waals surface area contributed by atoms with Crippen LogP contribution in [0.15, 0.2) is 42.5 Å². The summed E-state index contributed by atoms with van der Waals surface area (Å²) in [5.74, 6) is -0.148. The average Bonchev–Trinajstić information content (AvgIpc) is 2.40. The van der Waals surface area contributed by atoms with Crippen molar-refractivity contribution in [3.8, 4) is 0 Å². The summed E-state index contributed by atoms with van der Waals surface area (Å²) in [6.45, 7) is 0.483. The summed E-state index contributed by atoms with van der Waals surface area (Å²) >= 11 is 11.9. The monoisotopic (exact) mass is 308 g/mol. The molecule has 0 spiro atoms. The molecule has 0 aliphatic rings. The zero-order chi connectivity index (χ0) is 14.7. The van der Waals surface area contributed by atoms with Gasteiger partial charge in [0.1, 0.15) is 0 Å². The van der Waals surface area contributed by atoms with Crippen molar-refractivity contribution < 1.29 is 4.79 Å². The second-order valence-corrected chi connectivity index (χ2v) is 5.37. The van der Waals surface area contributed by atoms with Gasteiger partial charge < -0.3 is 10.6 Å². The van der Waals surface area contributed by atoms with Crippen molar-refractivity contribution >= 4 is 34.8 Å². The van der Waals surface area contributed by atoms with Crippen LogP contribution in [0.25, 0.3) is 0 Å². The number of benzene rings is 2. The molecule has 5 heteroatoms. The Hall–Kier alpha value is -1.71. The number of amides is 1. The van der Waals surface area contributed by atoms with Crippen molar-refractivity contribution in [2.24, 2.45) is 0 Å². The Kier molecular flexibility index (Phi) is 4.53. The fourth-order valence-electron chi connectivity index (χ4n) is 1.85. The van der Waals surface area contributed by atoms with Crippen LogP contribution in [0.1, 0.15) is 15.9 Å². The van der Waals surface area contributed by atoms with Crippen molar-refractivity contribution in [3.05, 3.63) is 63.6 Å². The van der Waals surface area contributed by atoms with E-state index < -0.39 is 0 Å². The normalized spacial score (nSPS) is 10.3. The molecule has 0 atom stereocenters. The maximum Gasteiger partial charge on any atom is 0.255 e. The number of hydrogen-bond donors (Lipinski definition) is 1. The molecule has 0 saturated carbocycles. The number of carbonyl (C=O) groups is 1. The highest BCUT2D eigenvalue weighted by Gasteiger charge is 2.15. The molecule has 0 aliphatic carbocycles. The molecule has 0 unspecified atom stereocenters. The highest BCUT2D eigenvalue weighted by molar-refractivity contribution is 6.34. The molecule has 1 amide bonds. The van der Waals surface area contributed by atoms with Crippen LogP contribution in [0.5, 0.6) is 0 Å². The van der Waals surface area contributed by atoms with Gasteiger partial charge in [-0.3, -0.25) is 4.79 Å². The second kappa shape index (κ2) is 6.16. The summed E-state index contributed by atoms with van der Waals surface area (Å²) in [6, 6.07) is 12.2. The summed E-state index contributed by atoms with van der Waals surface area (Å²) in [6.07, 6.45) is 0. The lowest BCUT2D eigenvalue weighted by Crippen LogP contribution is -2.26. The number of halogens is 2. The molecule has 0 bridgehead atoms. The van der Waals surface area contributed by atoms with E-state index in [1.54, 1.807) is 42.3 Å². The van der Waals surface area contributed by atoms with E-state index in [1.165, 1.54) is 0 Å². The molecule has 3 nitrogen and oxygen atoms in total. The van der Waals surface area contributed by atoms with E-state index in [0.717, 1.165) is 5.56 Å². The van der Waals surface area contributed by atoms with E-state index in [1.807, 2.05) is 12.1 Å². The summed E-state index contributed by atoms with van der Waals surface area (Å²) in [4.78, 5) is 13.9. The predicted octanol–water partition coefficient (Wildman–Crippen LogP) is 3.85. The highest BCUT2D eigenvalue weighted by Crippen LogP contribution is 2.21. The van der Waals surface area contributed by atoms with Crippen LogP contribution in [0.3, 0.4) is 0 Å². The quantitative estimate of drug-likeness (QED) is 0.875. The van der Waals surface area contributed by atoms with E-state index in [4.69, 9.17) is 28.9 Å². The van der Waals surface area contributed by atoms with Gasteiger partial charge in [0.25, 0.3) is 5.91 Å². The standard InChI is InChI=1S/C15H14Cl2N2O/c1-19(9-10-2-4-11(16)5-3-10)15(20)13-7-6-12(18)8-14(13)17/h2-8H,9,18H2,1H3. The summed E-state index contributed by atoms with van der Waals surface area (Å²) in [5.41, 5.74) is 7.59. The molecule has 0 heterocycles. The number of rotatable bonds is 3. The number of carbonyl (C=O) groups excluding carboxylic acids is 1. The Labute approximate surface area is 127 Å². The Bertz CT molecular complexity index is 626. The van der Waals surface area contributed by atoms with Crippen molar-refractivity contribution in [3.63, 3.8) is 0 Å². The SMILES string of the molecule is CN(Cc1ccc(Cl)cc1)C(=O)c1ccc(N)cc1Cl. The first-order chi connectivity index (χ1) is 9.47. The molecule has 2 N–H and O–H groups in total. The second-order valence-electron chi connectivity index (χ2n) is 4.53. The lowest BCUT2D eigenvalue weighted by Gasteiger charge is -2.18. The maximum absolute atomic E-state index is 12.3. The molecule has 2 aromatic rings. The van der Waals surface area contributed by atoms with Crippen LogP contribution in [0.2, 0.25) is 10.0 Å². The molecule has 0 aromatic heterocycles. The topological polar surface area (TPSA) is 46.3 Å². The van der Waals surface area contributed by atoms with E-state index >= 15 is 0 Å². The van der Waals surface area contributed by atoms with Crippen molar-refractivity contribution in [1.82, 2.24) is 4.90 Å². The molecular formula is C15H14Cl2N2O. The lowest BCUT2D eigenvalue weighted by molar-refractivity contribution is 0.0785. The van der Waals surface area contributed by atoms with Crippen LogP contribution in [0, 0.1) is 0 Å². The number of nitrogens with zero attached hydrogens (tertiary/aromatic N) is 1. The predicted molar refractivity (Wildman–Crippen MR) is 83.1 cm³/mol. The van der Waals surface area contributed by atoms with Gasteiger partial charge in [-0.25, -0.2) is 0 Å². The van der Waals surface area contributed by atoms with Crippen LogP contribution in [-0.4, -0.2) is 17.9 Å². The summed E-state index contributed by atoms with van der Waals surface area (Å²) < 4.78 is 0. The van der Waals surface area contributed by atoms with Crippen LogP contribution in [-0.2, 0) is 6.54 Å². The third-order valence-corrected chi connectivity index (χ3v) is 3.47. The smallest absolute Gasteiger partial charge is 0.255 e. The molecule has 0 aliphatic heterocycles. The molecule has 2 rings (SSSR count). The number of hydrogen-bond acceptors (Lipinski definition) is 2. The largest absolute Gasteiger partial charge is 0.399 e. The number of nitrogen functional groups attached to an aromatic ring is 1. The fourth-order valence-corrected chi connectivity index (χ4v) is 2.24. The molecule has 0 fully saturated rings. The van der Waals surface area contributed by atoms with Crippen LogP contribution < -0.4 is 5.73 Å². The first-order valence-electron chi connectivity index (χ1n) is 6.02. The molecule has 0 radical (unpaired) electrons. The van der Waals surface area contributed by atoms with E-state index in [-0.39, 0.29) is 5.91 Å². The molecular weight excluding hydrogens is 295 g/mol. The molecule has 2 aromatic carbocycles. The van der Waals surface area contributed by atoms with Gasteiger partial charge in [-0.15, -0.1) is 0 Å². The fraction of sp³-hybridized carbons (Fsp3) is 0.133. The van der Waals surface area contributed by atoms with E-state index in [9.17, 15) is 4.79 Å². The van der Waals surface area contributed by atoms with Crippen molar-refractivity contribution in [1.29, 1.82) is 0 Å². The van der Waals surface area contributed by atoms with Gasteiger partial charge in [-0.2, -0.15) is 0 Å². The van der Waals surface area contributed by atoms with Crippen LogP contribution >= 0.6 is 23.2 Å². The van der Waals surface area contributed by atoms with Gasteiger partial charge in [-0.1, -0.05) is 35.3 Å². The Morgan fingerprint density at radius 1 is 1.15 bits per heavy atom. The summed E-state index contributed by atoms with van der Waals surface area (Å²) in [7, 11) is 1.73. The first kappa shape index (κ1) is 14.7. The van der Waals surface area contributed by atoms with Gasteiger partial charge in [0.15, 0.2) is 0 Å². The maximum atomic E-state index is 12.3. The Morgan fingerprint density at radius 3 is 2.40 bits per heavy atom. The van der Waals surface area contributed by atoms with Gasteiger partial charge >= 0.3 is 0 Å². The molecule has 0 saturated heterocycles. The minimum absolute atomic E-state index is 0.148. The van der Waals surface area contributed by atoms with Gasteiger partial charge in [0.05, 0.1) is 10.6 Å². The third-order valence-electron chi connectivity index (χ3n) is 2.90. The third kappa shape index (κ3) is 3.44. The lowest BCUT2D eigenvalue weighted by atomic mass is 10.1. The van der Waals surface area contributed by atoms with Gasteiger partial charge in [-0.05, 0) is 35.9 Å². The first-order valence-corrected chi connectivity index (χ1v) is 6.78. The zero-order valence-corrected chi connectivity index (χ0v) is 12.4. The Balaban J connectivity index is 2.14. The molecule has 20 heavy (non-hydrogen) atoms. The minimum Gasteiger partial charge on any atom is -0.399 e. The van der Waals surface area contributed by atoms with Crippen LogP contribution in [0.4, 0.5) is 5.69 Å². The highest BCUT2D eigenvalue weighted by atomic mass is 35.5. The number of nitrogens with two attached hydrogens (primary N) is 1. The molecule has 104 valence electrons.